The zero-order valence-corrected chi connectivity index (χ0v) is 12.8. The third kappa shape index (κ3) is 3.94. The van der Waals surface area contributed by atoms with Crippen molar-refractivity contribution >= 4 is 24.1 Å². The normalized spacial score (nSPS) is 16.7. The molecular weight excluding hydrogens is 264 g/mol. The molecule has 19 heavy (non-hydrogen) atoms. The maximum Gasteiger partial charge on any atom is 0.245 e. The fraction of sp³-hybridized carbons (Fsp3) is 0.692. The van der Waals surface area contributed by atoms with Gasteiger partial charge in [0.15, 0.2) is 0 Å². The van der Waals surface area contributed by atoms with E-state index in [1.54, 1.807) is 4.68 Å². The minimum Gasteiger partial charge on any atom is -0.317 e. The Morgan fingerprint density at radius 3 is 2.58 bits per heavy atom. The minimum absolute atomic E-state index is 0. The van der Waals surface area contributed by atoms with Crippen LogP contribution in [0.15, 0.2) is 6.07 Å². The van der Waals surface area contributed by atoms with Crippen molar-refractivity contribution in [2.45, 2.75) is 45.6 Å². The zero-order valence-electron chi connectivity index (χ0n) is 12.0. The highest BCUT2D eigenvalue weighted by Crippen LogP contribution is 2.33. The van der Waals surface area contributed by atoms with E-state index < -0.39 is 5.54 Å². The van der Waals surface area contributed by atoms with Crippen LogP contribution in [0.25, 0.3) is 0 Å². The van der Waals surface area contributed by atoms with Gasteiger partial charge in [0.05, 0.1) is 11.2 Å². The van der Waals surface area contributed by atoms with Gasteiger partial charge in [0, 0.05) is 13.1 Å². The summed E-state index contributed by atoms with van der Waals surface area (Å²) in [4.78, 5) is 11.9. The molecule has 5 nitrogen and oxygen atoms in total. The highest BCUT2D eigenvalue weighted by Gasteiger charge is 2.46. The number of amides is 1. The number of aromatic nitrogens is 2. The fourth-order valence-electron chi connectivity index (χ4n) is 1.88. The molecule has 1 fully saturated rings. The quantitative estimate of drug-likeness (QED) is 0.891. The molecule has 1 amide bonds. The molecule has 1 heterocycles. The average Bonchev–Trinajstić information content (AvgIpc) is 2.85. The fourth-order valence-corrected chi connectivity index (χ4v) is 1.88. The van der Waals surface area contributed by atoms with Gasteiger partial charge in [0.2, 0.25) is 5.91 Å². The maximum absolute atomic E-state index is 11.9. The summed E-state index contributed by atoms with van der Waals surface area (Å²) in [6.45, 7) is 6.50. The largest absolute Gasteiger partial charge is 0.317 e. The number of aryl methyl sites for hydroxylation is 1. The van der Waals surface area contributed by atoms with Gasteiger partial charge in [-0.25, -0.2) is 0 Å². The van der Waals surface area contributed by atoms with Gasteiger partial charge in [-0.3, -0.25) is 9.48 Å². The number of hydrogen-bond acceptors (Lipinski definition) is 3. The van der Waals surface area contributed by atoms with Crippen LogP contribution in [0.1, 0.15) is 39.3 Å². The standard InChI is InChI=1S/C13H22N4O.ClH/c1-12(2,3)8-9-7-10(17(4)16-9)15-11(18)13(14)5-6-13;/h7H,5-6,8,14H2,1-4H3,(H,15,18);1H. The Balaban J connectivity index is 0.00000180. The van der Waals surface area contributed by atoms with Gasteiger partial charge < -0.3 is 11.1 Å². The molecular formula is C13H23ClN4O. The third-order valence-corrected chi connectivity index (χ3v) is 3.12. The number of hydrogen-bond donors (Lipinski definition) is 2. The van der Waals surface area contributed by atoms with Gasteiger partial charge in [-0.2, -0.15) is 5.10 Å². The Bertz CT molecular complexity index is 471. The van der Waals surface area contributed by atoms with E-state index in [0.29, 0.717) is 0 Å². The first-order valence-electron chi connectivity index (χ1n) is 6.33. The lowest BCUT2D eigenvalue weighted by molar-refractivity contribution is -0.118. The number of nitrogens with two attached hydrogens (primary N) is 1. The summed E-state index contributed by atoms with van der Waals surface area (Å²) in [5.74, 6) is 0.615. The number of rotatable bonds is 3. The Labute approximate surface area is 120 Å². The second-order valence-corrected chi connectivity index (χ2v) is 6.49. The highest BCUT2D eigenvalue weighted by atomic mass is 35.5. The molecule has 1 aliphatic carbocycles. The van der Waals surface area contributed by atoms with Crippen molar-refractivity contribution < 1.29 is 4.79 Å². The lowest BCUT2D eigenvalue weighted by Gasteiger charge is -2.15. The first-order valence-corrected chi connectivity index (χ1v) is 6.33. The number of carbonyl (C=O) groups is 1. The average molecular weight is 287 g/mol. The molecule has 0 spiro atoms. The molecule has 1 aromatic rings. The van der Waals surface area contributed by atoms with Crippen LogP contribution in [-0.4, -0.2) is 21.2 Å². The van der Waals surface area contributed by atoms with E-state index in [-0.39, 0.29) is 23.7 Å². The number of anilines is 1. The van der Waals surface area contributed by atoms with Gasteiger partial charge in [-0.1, -0.05) is 20.8 Å². The molecule has 0 saturated heterocycles. The van der Waals surface area contributed by atoms with Crippen LogP contribution >= 0.6 is 12.4 Å². The molecule has 0 radical (unpaired) electrons. The Hall–Kier alpha value is -1.07. The van der Waals surface area contributed by atoms with Crippen LogP contribution in [0.2, 0.25) is 0 Å². The second-order valence-electron chi connectivity index (χ2n) is 6.49. The summed E-state index contributed by atoms with van der Waals surface area (Å²) in [6, 6.07) is 1.93. The molecule has 1 aliphatic rings. The van der Waals surface area contributed by atoms with Crippen molar-refractivity contribution in [3.05, 3.63) is 11.8 Å². The number of nitrogens with one attached hydrogen (secondary N) is 1. The maximum atomic E-state index is 11.9. The number of carbonyl (C=O) groups excluding carboxylic acids is 1. The molecule has 1 aromatic heterocycles. The van der Waals surface area contributed by atoms with Crippen LogP contribution < -0.4 is 11.1 Å². The summed E-state index contributed by atoms with van der Waals surface area (Å²) >= 11 is 0. The molecule has 3 N–H and O–H groups in total. The van der Waals surface area contributed by atoms with Gasteiger partial charge in [0.25, 0.3) is 0 Å². The SMILES string of the molecule is Cl.Cn1nc(CC(C)(C)C)cc1NC(=O)C1(N)CC1. The Kier molecular flexibility index (Phi) is 4.32. The van der Waals surface area contributed by atoms with Crippen molar-refractivity contribution in [2.75, 3.05) is 5.32 Å². The number of halogens is 1. The first-order chi connectivity index (χ1) is 8.20. The predicted octanol–water partition coefficient (Wildman–Crippen LogP) is 1.86. The minimum atomic E-state index is -0.644. The van der Waals surface area contributed by atoms with Crippen molar-refractivity contribution in [1.82, 2.24) is 9.78 Å². The van der Waals surface area contributed by atoms with Crippen LogP contribution in [-0.2, 0) is 18.3 Å². The zero-order chi connectivity index (χ0) is 13.6. The van der Waals surface area contributed by atoms with Gasteiger partial charge >= 0.3 is 0 Å². The smallest absolute Gasteiger partial charge is 0.245 e. The van der Waals surface area contributed by atoms with E-state index >= 15 is 0 Å². The summed E-state index contributed by atoms with van der Waals surface area (Å²) in [6.07, 6.45) is 2.42. The van der Waals surface area contributed by atoms with Crippen molar-refractivity contribution in [3.63, 3.8) is 0 Å². The van der Waals surface area contributed by atoms with Gasteiger partial charge in [-0.05, 0) is 24.7 Å². The lowest BCUT2D eigenvalue weighted by Crippen LogP contribution is -2.38. The highest BCUT2D eigenvalue weighted by molar-refractivity contribution is 5.99. The third-order valence-electron chi connectivity index (χ3n) is 3.12. The van der Waals surface area contributed by atoms with Crippen LogP contribution in [0.3, 0.4) is 0 Å². The van der Waals surface area contributed by atoms with Crippen molar-refractivity contribution in [3.8, 4) is 0 Å². The monoisotopic (exact) mass is 286 g/mol. The van der Waals surface area contributed by atoms with E-state index in [4.69, 9.17) is 5.73 Å². The summed E-state index contributed by atoms with van der Waals surface area (Å²) in [5, 5.41) is 7.27. The number of nitrogens with zero attached hydrogens (tertiary/aromatic N) is 2. The molecule has 0 atom stereocenters. The molecule has 6 heteroatoms. The summed E-state index contributed by atoms with van der Waals surface area (Å²) in [7, 11) is 1.83. The van der Waals surface area contributed by atoms with Gasteiger partial charge in [0.1, 0.15) is 5.82 Å². The van der Waals surface area contributed by atoms with E-state index in [2.05, 4.69) is 31.2 Å². The van der Waals surface area contributed by atoms with Crippen LogP contribution in [0, 0.1) is 5.41 Å². The Morgan fingerprint density at radius 1 is 1.53 bits per heavy atom. The van der Waals surface area contributed by atoms with Crippen LogP contribution in [0.5, 0.6) is 0 Å². The topological polar surface area (TPSA) is 72.9 Å². The Morgan fingerprint density at radius 2 is 2.11 bits per heavy atom. The van der Waals surface area contributed by atoms with Crippen LogP contribution in [0.4, 0.5) is 5.82 Å². The lowest BCUT2D eigenvalue weighted by atomic mass is 9.91. The molecule has 0 aliphatic heterocycles. The van der Waals surface area contributed by atoms with E-state index in [0.717, 1.165) is 30.8 Å². The van der Waals surface area contributed by atoms with E-state index in [9.17, 15) is 4.79 Å². The first kappa shape index (κ1) is 16.0. The predicted molar refractivity (Wildman–Crippen MR) is 78.4 cm³/mol. The van der Waals surface area contributed by atoms with Gasteiger partial charge in [-0.15, -0.1) is 12.4 Å². The molecule has 1 saturated carbocycles. The molecule has 108 valence electrons. The molecule has 0 aromatic carbocycles. The molecule has 0 unspecified atom stereocenters. The summed E-state index contributed by atoms with van der Waals surface area (Å²) < 4.78 is 1.70. The molecule has 2 rings (SSSR count). The molecule has 0 bridgehead atoms. The second kappa shape index (κ2) is 5.13. The van der Waals surface area contributed by atoms with E-state index in [1.807, 2.05) is 13.1 Å². The van der Waals surface area contributed by atoms with Crippen molar-refractivity contribution in [1.29, 1.82) is 0 Å². The van der Waals surface area contributed by atoms with E-state index in [1.165, 1.54) is 0 Å². The summed E-state index contributed by atoms with van der Waals surface area (Å²) in [5.41, 5.74) is 6.38. The van der Waals surface area contributed by atoms with Crippen molar-refractivity contribution in [2.24, 2.45) is 18.2 Å².